The first-order chi connectivity index (χ1) is 14.2. The zero-order valence-electron chi connectivity index (χ0n) is 16.9. The van der Waals surface area contributed by atoms with Gasteiger partial charge in [0.05, 0.1) is 12.2 Å². The van der Waals surface area contributed by atoms with Crippen LogP contribution < -0.4 is 10.2 Å². The molecule has 4 rings (SSSR count). The molecule has 0 unspecified atom stereocenters. The average molecular weight is 395 g/mol. The van der Waals surface area contributed by atoms with Crippen molar-refractivity contribution in [1.82, 2.24) is 9.80 Å². The van der Waals surface area contributed by atoms with Crippen LogP contribution in [0.1, 0.15) is 18.4 Å². The summed E-state index contributed by atoms with van der Waals surface area (Å²) in [5, 5.41) is 13.0. The van der Waals surface area contributed by atoms with Crippen LogP contribution in [0, 0.1) is 0 Å². The lowest BCUT2D eigenvalue weighted by atomic mass is 10.2. The number of nitrogens with zero attached hydrogens (tertiary/aromatic N) is 3. The van der Waals surface area contributed by atoms with E-state index in [1.807, 2.05) is 30.3 Å². The van der Waals surface area contributed by atoms with E-state index in [1.54, 1.807) is 6.07 Å². The first-order valence-corrected chi connectivity index (χ1v) is 10.5. The second kappa shape index (κ2) is 9.29. The number of carbonyl (C=O) groups excluding carboxylic acids is 1. The number of phenols is 1. The molecular weight excluding hydrogens is 364 g/mol. The van der Waals surface area contributed by atoms with Crippen molar-refractivity contribution in [2.45, 2.75) is 19.4 Å². The van der Waals surface area contributed by atoms with Gasteiger partial charge in [0.2, 0.25) is 5.91 Å². The number of piperazine rings is 1. The number of likely N-dealkylation sites (tertiary alicyclic amines) is 1. The molecule has 1 amide bonds. The Morgan fingerprint density at radius 3 is 2.24 bits per heavy atom. The average Bonchev–Trinajstić information content (AvgIpc) is 3.24. The Kier molecular flexibility index (Phi) is 6.32. The van der Waals surface area contributed by atoms with Gasteiger partial charge in [0.15, 0.2) is 0 Å². The maximum absolute atomic E-state index is 12.4. The lowest BCUT2D eigenvalue weighted by Crippen LogP contribution is -2.48. The number of anilines is 2. The van der Waals surface area contributed by atoms with Gasteiger partial charge in [0.25, 0.3) is 0 Å². The number of benzene rings is 2. The Morgan fingerprint density at radius 1 is 0.862 bits per heavy atom. The number of carbonyl (C=O) groups is 1. The Bertz CT molecular complexity index is 810. The summed E-state index contributed by atoms with van der Waals surface area (Å²) in [5.74, 6) is 0.333. The van der Waals surface area contributed by atoms with Gasteiger partial charge in [-0.05, 0) is 55.8 Å². The van der Waals surface area contributed by atoms with Crippen molar-refractivity contribution >= 4 is 17.3 Å². The van der Waals surface area contributed by atoms with E-state index in [2.05, 4.69) is 32.1 Å². The van der Waals surface area contributed by atoms with Gasteiger partial charge in [-0.1, -0.05) is 24.3 Å². The standard InChI is InChI=1S/C23H30N4O2/c28-22-6-2-1-5-21(22)27-15-13-26(14-16-27)18-23(29)24-20-9-7-19(8-10-20)17-25-11-3-4-12-25/h1-2,5-10,28H,3-4,11-18H2,(H,24,29). The molecule has 0 atom stereocenters. The molecule has 2 aliphatic heterocycles. The number of rotatable bonds is 6. The summed E-state index contributed by atoms with van der Waals surface area (Å²) in [6.07, 6.45) is 2.60. The summed E-state index contributed by atoms with van der Waals surface area (Å²) in [7, 11) is 0. The summed E-state index contributed by atoms with van der Waals surface area (Å²) in [5.41, 5.74) is 3.02. The van der Waals surface area contributed by atoms with E-state index in [0.29, 0.717) is 12.3 Å². The van der Waals surface area contributed by atoms with Crippen molar-refractivity contribution in [3.8, 4) is 5.75 Å². The molecule has 2 aromatic carbocycles. The molecule has 29 heavy (non-hydrogen) atoms. The lowest BCUT2D eigenvalue weighted by Gasteiger charge is -2.35. The number of aromatic hydroxyl groups is 1. The molecule has 2 aromatic rings. The van der Waals surface area contributed by atoms with Crippen molar-refractivity contribution in [1.29, 1.82) is 0 Å². The molecule has 2 N–H and O–H groups in total. The van der Waals surface area contributed by atoms with Crippen molar-refractivity contribution in [2.24, 2.45) is 0 Å². The van der Waals surface area contributed by atoms with Crippen molar-refractivity contribution in [3.05, 3.63) is 54.1 Å². The molecule has 0 bridgehead atoms. The first-order valence-electron chi connectivity index (χ1n) is 10.5. The fourth-order valence-corrected chi connectivity index (χ4v) is 4.17. The molecule has 0 spiro atoms. The molecule has 0 aliphatic carbocycles. The highest BCUT2D eigenvalue weighted by molar-refractivity contribution is 5.92. The Morgan fingerprint density at radius 2 is 1.55 bits per heavy atom. The molecular formula is C23H30N4O2. The van der Waals surface area contributed by atoms with Crippen LogP contribution in [-0.2, 0) is 11.3 Å². The highest BCUT2D eigenvalue weighted by Crippen LogP contribution is 2.27. The van der Waals surface area contributed by atoms with Gasteiger partial charge in [0, 0.05) is 38.4 Å². The van der Waals surface area contributed by atoms with Gasteiger partial charge in [0.1, 0.15) is 5.75 Å². The summed E-state index contributed by atoms with van der Waals surface area (Å²) >= 11 is 0. The third kappa shape index (κ3) is 5.28. The minimum atomic E-state index is 0.0216. The summed E-state index contributed by atoms with van der Waals surface area (Å²) in [6, 6.07) is 15.6. The number of phenolic OH excluding ortho intramolecular Hbond substituents is 1. The number of hydrogen-bond acceptors (Lipinski definition) is 5. The Balaban J connectivity index is 1.22. The minimum absolute atomic E-state index is 0.0216. The fraction of sp³-hybridized carbons (Fsp3) is 0.435. The van der Waals surface area contributed by atoms with Gasteiger partial charge >= 0.3 is 0 Å². The highest BCUT2D eigenvalue weighted by atomic mass is 16.3. The van der Waals surface area contributed by atoms with E-state index in [-0.39, 0.29) is 5.91 Å². The lowest BCUT2D eigenvalue weighted by molar-refractivity contribution is -0.117. The van der Waals surface area contributed by atoms with Gasteiger partial charge in [-0.15, -0.1) is 0 Å². The Labute approximate surface area is 172 Å². The largest absolute Gasteiger partial charge is 0.506 e. The monoisotopic (exact) mass is 394 g/mol. The van der Waals surface area contributed by atoms with E-state index in [9.17, 15) is 9.90 Å². The zero-order chi connectivity index (χ0) is 20.1. The molecule has 2 aliphatic rings. The van der Waals surface area contributed by atoms with Crippen LogP contribution >= 0.6 is 0 Å². The second-order valence-electron chi connectivity index (χ2n) is 7.98. The summed E-state index contributed by atoms with van der Waals surface area (Å²) in [4.78, 5) is 19.2. The molecule has 0 saturated carbocycles. The van der Waals surface area contributed by atoms with E-state index in [4.69, 9.17) is 0 Å². The Hall–Kier alpha value is -2.57. The number of para-hydroxylation sites is 2. The molecule has 2 saturated heterocycles. The smallest absolute Gasteiger partial charge is 0.238 e. The summed E-state index contributed by atoms with van der Waals surface area (Å²) in [6.45, 7) is 6.98. The van der Waals surface area contributed by atoms with Gasteiger partial charge in [-0.25, -0.2) is 0 Å². The van der Waals surface area contributed by atoms with Crippen molar-refractivity contribution in [3.63, 3.8) is 0 Å². The SMILES string of the molecule is O=C(CN1CCN(c2ccccc2O)CC1)Nc1ccc(CN2CCCC2)cc1. The van der Waals surface area contributed by atoms with E-state index < -0.39 is 0 Å². The summed E-state index contributed by atoms with van der Waals surface area (Å²) < 4.78 is 0. The molecule has 2 heterocycles. The zero-order valence-corrected chi connectivity index (χ0v) is 16.9. The molecule has 154 valence electrons. The highest BCUT2D eigenvalue weighted by Gasteiger charge is 2.20. The minimum Gasteiger partial charge on any atom is -0.506 e. The quantitative estimate of drug-likeness (QED) is 0.789. The van der Waals surface area contributed by atoms with E-state index in [1.165, 1.54) is 31.5 Å². The molecule has 0 aromatic heterocycles. The van der Waals surface area contributed by atoms with Crippen LogP contribution in [0.25, 0.3) is 0 Å². The number of hydrogen-bond donors (Lipinski definition) is 2. The van der Waals surface area contributed by atoms with Gasteiger partial charge < -0.3 is 15.3 Å². The topological polar surface area (TPSA) is 59.1 Å². The number of nitrogens with one attached hydrogen (secondary N) is 1. The second-order valence-corrected chi connectivity index (χ2v) is 7.98. The predicted molar refractivity (Wildman–Crippen MR) is 116 cm³/mol. The maximum Gasteiger partial charge on any atom is 0.238 e. The van der Waals surface area contributed by atoms with Crippen LogP contribution in [0.4, 0.5) is 11.4 Å². The third-order valence-electron chi connectivity index (χ3n) is 5.80. The molecule has 0 radical (unpaired) electrons. The van der Waals surface area contributed by atoms with Gasteiger partial charge in [-0.3, -0.25) is 14.6 Å². The van der Waals surface area contributed by atoms with Crippen LogP contribution in [0.2, 0.25) is 0 Å². The van der Waals surface area contributed by atoms with Crippen LogP contribution in [-0.4, -0.2) is 66.6 Å². The first kappa shape index (κ1) is 19.7. The van der Waals surface area contributed by atoms with Crippen molar-refractivity contribution < 1.29 is 9.90 Å². The van der Waals surface area contributed by atoms with E-state index in [0.717, 1.165) is 44.1 Å². The van der Waals surface area contributed by atoms with Gasteiger partial charge in [-0.2, -0.15) is 0 Å². The predicted octanol–water partition coefficient (Wildman–Crippen LogP) is 2.75. The third-order valence-corrected chi connectivity index (χ3v) is 5.80. The van der Waals surface area contributed by atoms with E-state index >= 15 is 0 Å². The normalized spacial score (nSPS) is 18.1. The van der Waals surface area contributed by atoms with Crippen molar-refractivity contribution in [2.75, 3.05) is 56.0 Å². The molecule has 6 nitrogen and oxygen atoms in total. The molecule has 2 fully saturated rings. The van der Waals surface area contributed by atoms with Crippen LogP contribution in [0.3, 0.4) is 0 Å². The van der Waals surface area contributed by atoms with Crippen LogP contribution in [0.5, 0.6) is 5.75 Å². The number of amides is 1. The maximum atomic E-state index is 12.4. The fourth-order valence-electron chi connectivity index (χ4n) is 4.17. The van der Waals surface area contributed by atoms with Crippen LogP contribution in [0.15, 0.2) is 48.5 Å². The molecule has 6 heteroatoms.